The summed E-state index contributed by atoms with van der Waals surface area (Å²) in [6.45, 7) is 2.42. The van der Waals surface area contributed by atoms with E-state index < -0.39 is 64.1 Å². The van der Waals surface area contributed by atoms with E-state index in [0.29, 0.717) is 13.8 Å². The van der Waals surface area contributed by atoms with Crippen LogP contribution in [0, 0.1) is 5.41 Å². The molecule has 0 amide bonds. The van der Waals surface area contributed by atoms with Gasteiger partial charge in [0.05, 0.1) is 6.54 Å². The summed E-state index contributed by atoms with van der Waals surface area (Å²) in [5.74, 6) is -3.14. The number of carbonyl (C=O) groups is 2. The van der Waals surface area contributed by atoms with Crippen molar-refractivity contribution < 1.29 is 57.5 Å². The number of halogens is 6. The zero-order valence-corrected chi connectivity index (χ0v) is 16.7. The first kappa shape index (κ1) is 26.6. The van der Waals surface area contributed by atoms with Gasteiger partial charge in [0.15, 0.2) is 0 Å². The van der Waals surface area contributed by atoms with Gasteiger partial charge < -0.3 is 4.74 Å². The zero-order chi connectivity index (χ0) is 23.1. The third-order valence-corrected chi connectivity index (χ3v) is 6.87. The SMILES string of the molecule is CC(=O)C(C)(CN(S(=O)(=O)C(F)(F)F)S(=O)(=O)C(F)(F)F)C(=O)OC(C)(C)C. The lowest BCUT2D eigenvalue weighted by Crippen LogP contribution is -2.56. The maximum Gasteiger partial charge on any atom is 0.512 e. The third kappa shape index (κ3) is 5.34. The highest BCUT2D eigenvalue weighted by molar-refractivity contribution is 8.04. The highest BCUT2D eigenvalue weighted by Crippen LogP contribution is 2.38. The van der Waals surface area contributed by atoms with Crippen molar-refractivity contribution in [3.05, 3.63) is 0 Å². The van der Waals surface area contributed by atoms with Gasteiger partial charge in [-0.15, -0.1) is 0 Å². The molecule has 0 spiro atoms. The van der Waals surface area contributed by atoms with Crippen LogP contribution in [0.15, 0.2) is 0 Å². The van der Waals surface area contributed by atoms with Crippen molar-refractivity contribution in [2.75, 3.05) is 6.54 Å². The van der Waals surface area contributed by atoms with Gasteiger partial charge in [0.2, 0.25) is 0 Å². The smallest absolute Gasteiger partial charge is 0.459 e. The number of Topliss-reactive ketones (excluding diaryl/α,β-unsaturated/α-hetero) is 1. The summed E-state index contributed by atoms with van der Waals surface area (Å²) < 4.78 is 126. The Morgan fingerprint density at radius 3 is 1.36 bits per heavy atom. The third-order valence-electron chi connectivity index (χ3n) is 3.19. The molecule has 166 valence electrons. The first-order valence-corrected chi connectivity index (χ1v) is 9.94. The fourth-order valence-electron chi connectivity index (χ4n) is 1.50. The van der Waals surface area contributed by atoms with Crippen LogP contribution in [0.25, 0.3) is 0 Å². The molecular formula is C12H17F6NO7S2. The number of hydrogen-bond acceptors (Lipinski definition) is 7. The molecule has 0 rings (SSSR count). The van der Waals surface area contributed by atoms with Gasteiger partial charge in [-0.2, -0.15) is 26.3 Å². The number of alkyl halides is 6. The Balaban J connectivity index is 6.72. The van der Waals surface area contributed by atoms with E-state index in [1.807, 2.05) is 0 Å². The van der Waals surface area contributed by atoms with Gasteiger partial charge >= 0.3 is 37.0 Å². The van der Waals surface area contributed by atoms with Crippen LogP contribution in [0.1, 0.15) is 34.6 Å². The first-order chi connectivity index (χ1) is 11.9. The topological polar surface area (TPSA) is 115 Å². The van der Waals surface area contributed by atoms with Gasteiger partial charge in [0.25, 0.3) is 0 Å². The lowest BCUT2D eigenvalue weighted by Gasteiger charge is -2.33. The molecule has 1 unspecified atom stereocenters. The molecule has 0 aliphatic carbocycles. The van der Waals surface area contributed by atoms with E-state index in [-0.39, 0.29) is 0 Å². The Bertz CT molecular complexity index is 795. The van der Waals surface area contributed by atoms with Crippen LogP contribution in [-0.2, 0) is 34.4 Å². The molecule has 0 heterocycles. The van der Waals surface area contributed by atoms with E-state index in [2.05, 4.69) is 0 Å². The summed E-state index contributed by atoms with van der Waals surface area (Å²) in [5.41, 5.74) is -17.3. The predicted molar refractivity (Wildman–Crippen MR) is 81.3 cm³/mol. The Kier molecular flexibility index (Phi) is 7.06. The number of nitrogens with zero attached hydrogens (tertiary/aromatic N) is 1. The minimum atomic E-state index is -7.16. The summed E-state index contributed by atoms with van der Waals surface area (Å²) in [6, 6.07) is 0. The molecule has 0 aromatic rings. The molecule has 0 aromatic carbocycles. The van der Waals surface area contributed by atoms with Crippen molar-refractivity contribution in [1.29, 1.82) is 0 Å². The monoisotopic (exact) mass is 465 g/mol. The maximum atomic E-state index is 12.8. The number of ketones is 1. The van der Waals surface area contributed by atoms with Gasteiger partial charge in [-0.25, -0.2) is 16.8 Å². The van der Waals surface area contributed by atoms with Crippen LogP contribution in [0.3, 0.4) is 0 Å². The highest BCUT2D eigenvalue weighted by atomic mass is 32.3. The van der Waals surface area contributed by atoms with Crippen LogP contribution in [0.4, 0.5) is 26.3 Å². The van der Waals surface area contributed by atoms with Crippen LogP contribution >= 0.6 is 0 Å². The molecule has 0 saturated heterocycles. The second kappa shape index (κ2) is 7.44. The largest absolute Gasteiger partial charge is 0.512 e. The van der Waals surface area contributed by atoms with Crippen molar-refractivity contribution in [2.24, 2.45) is 5.41 Å². The Morgan fingerprint density at radius 1 is 0.821 bits per heavy atom. The van der Waals surface area contributed by atoms with E-state index >= 15 is 0 Å². The van der Waals surface area contributed by atoms with Crippen molar-refractivity contribution in [3.63, 3.8) is 0 Å². The molecule has 16 heteroatoms. The minimum absolute atomic E-state index is 0.466. The quantitative estimate of drug-likeness (QED) is 0.334. The average molecular weight is 465 g/mol. The van der Waals surface area contributed by atoms with Crippen LogP contribution in [-0.4, -0.2) is 55.5 Å². The Labute approximate surface area is 156 Å². The Hall–Kier alpha value is -1.42. The lowest BCUT2D eigenvalue weighted by atomic mass is 9.86. The fourth-order valence-corrected chi connectivity index (χ4v) is 4.36. The molecule has 0 bridgehead atoms. The number of rotatable bonds is 6. The highest BCUT2D eigenvalue weighted by Gasteiger charge is 2.64. The minimum Gasteiger partial charge on any atom is -0.459 e. The number of esters is 1. The number of hydrogen-bond donors (Lipinski definition) is 0. The molecular weight excluding hydrogens is 448 g/mol. The van der Waals surface area contributed by atoms with Gasteiger partial charge in [-0.05, 0) is 34.6 Å². The molecule has 0 aliphatic heterocycles. The number of carbonyl (C=O) groups excluding carboxylic acids is 2. The van der Waals surface area contributed by atoms with Gasteiger partial charge in [-0.1, -0.05) is 3.71 Å². The normalized spacial score (nSPS) is 16.6. The zero-order valence-electron chi connectivity index (χ0n) is 15.1. The molecule has 8 nitrogen and oxygen atoms in total. The molecule has 28 heavy (non-hydrogen) atoms. The number of sulfonamides is 2. The molecule has 0 N–H and O–H groups in total. The van der Waals surface area contributed by atoms with E-state index in [0.717, 1.165) is 0 Å². The van der Waals surface area contributed by atoms with Crippen LogP contribution < -0.4 is 0 Å². The van der Waals surface area contributed by atoms with E-state index in [1.165, 1.54) is 20.8 Å². The van der Waals surface area contributed by atoms with E-state index in [4.69, 9.17) is 4.74 Å². The summed E-state index contributed by atoms with van der Waals surface area (Å²) in [7, 11) is -14.3. The first-order valence-electron chi connectivity index (χ1n) is 7.06. The van der Waals surface area contributed by atoms with E-state index in [1.54, 1.807) is 0 Å². The molecule has 0 aromatic heterocycles. The summed E-state index contributed by atoms with van der Waals surface area (Å²) in [6.07, 6.45) is 0. The number of ether oxygens (including phenoxy) is 1. The van der Waals surface area contributed by atoms with Crippen LogP contribution in [0.2, 0.25) is 0 Å². The molecule has 0 fully saturated rings. The Morgan fingerprint density at radius 2 is 1.14 bits per heavy atom. The van der Waals surface area contributed by atoms with E-state index in [9.17, 15) is 52.8 Å². The molecule has 1 atom stereocenters. The van der Waals surface area contributed by atoms with Gasteiger partial charge in [0, 0.05) is 0 Å². The van der Waals surface area contributed by atoms with Crippen molar-refractivity contribution in [1.82, 2.24) is 3.71 Å². The molecule has 0 aliphatic rings. The lowest BCUT2D eigenvalue weighted by molar-refractivity contribution is -0.169. The molecule has 0 radical (unpaired) electrons. The van der Waals surface area contributed by atoms with Crippen molar-refractivity contribution >= 4 is 31.8 Å². The van der Waals surface area contributed by atoms with Gasteiger partial charge in [-0.3, -0.25) is 9.59 Å². The van der Waals surface area contributed by atoms with Crippen molar-refractivity contribution in [3.8, 4) is 0 Å². The second-order valence-electron chi connectivity index (χ2n) is 6.72. The maximum absolute atomic E-state index is 12.8. The average Bonchev–Trinajstić information content (AvgIpc) is 2.39. The standard InChI is InChI=1S/C12H17F6NO7S2/c1-7(20)10(5,8(21)26-9(2,3)4)6-19(27(22,23)11(13,14)15)28(24,25)12(16,17)18/h6H2,1-5H3. The summed E-state index contributed by atoms with van der Waals surface area (Å²) in [4.78, 5) is 24.0. The van der Waals surface area contributed by atoms with Crippen molar-refractivity contribution in [2.45, 2.75) is 51.2 Å². The summed E-state index contributed by atoms with van der Waals surface area (Å²) >= 11 is 0. The summed E-state index contributed by atoms with van der Waals surface area (Å²) in [5, 5.41) is 0. The second-order valence-corrected chi connectivity index (χ2v) is 10.7. The predicted octanol–water partition coefficient (Wildman–Crippen LogP) is 1.92. The van der Waals surface area contributed by atoms with Gasteiger partial charge in [0.1, 0.15) is 16.8 Å². The fraction of sp³-hybridized carbons (Fsp3) is 0.833. The van der Waals surface area contributed by atoms with Crippen LogP contribution in [0.5, 0.6) is 0 Å². The molecule has 0 saturated carbocycles.